The number of hydrogen-bond donors (Lipinski definition) is 0. The number of aromatic nitrogens is 4. The predicted molar refractivity (Wildman–Crippen MR) is 233 cm³/mol. The van der Waals surface area contributed by atoms with Crippen LogP contribution in [0.15, 0.2) is 98.6 Å². The Morgan fingerprint density at radius 2 is 0.855 bits per heavy atom. The van der Waals surface area contributed by atoms with Crippen LogP contribution in [0.25, 0.3) is 22.8 Å². The molecule has 5 rings (SSSR count). The number of esters is 2. The van der Waals surface area contributed by atoms with Crippen LogP contribution in [0.3, 0.4) is 0 Å². The van der Waals surface area contributed by atoms with Crippen molar-refractivity contribution in [3.63, 3.8) is 0 Å². The molecule has 1 aliphatic heterocycles. The molecule has 14 nitrogen and oxygen atoms in total. The molecule has 4 aromatic rings. The third-order valence-electron chi connectivity index (χ3n) is 9.82. The summed E-state index contributed by atoms with van der Waals surface area (Å²) in [7, 11) is 0. The summed E-state index contributed by atoms with van der Waals surface area (Å²) in [5.74, 6) is 1.77. The van der Waals surface area contributed by atoms with E-state index in [-0.39, 0.29) is 11.9 Å². The van der Waals surface area contributed by atoms with Crippen LogP contribution in [0.5, 0.6) is 11.5 Å². The van der Waals surface area contributed by atoms with Crippen LogP contribution < -0.4 is 9.47 Å². The molecule has 62 heavy (non-hydrogen) atoms. The Kier molecular flexibility index (Phi) is 21.6. The number of benzene rings is 2. The molecule has 0 saturated carbocycles. The summed E-state index contributed by atoms with van der Waals surface area (Å²) >= 11 is 0. The Balaban J connectivity index is 0.943. The average molecular weight is 853 g/mol. The summed E-state index contributed by atoms with van der Waals surface area (Å²) in [6.45, 7) is 10.3. The van der Waals surface area contributed by atoms with Gasteiger partial charge in [0, 0.05) is 23.3 Å². The van der Waals surface area contributed by atoms with Crippen molar-refractivity contribution in [2.45, 2.75) is 103 Å². The Bertz CT molecular complexity index is 1750. The van der Waals surface area contributed by atoms with Crippen LogP contribution in [0, 0.1) is 0 Å². The zero-order valence-corrected chi connectivity index (χ0v) is 35.7. The molecule has 0 bridgehead atoms. The second-order valence-electron chi connectivity index (χ2n) is 14.7. The molecule has 0 aliphatic carbocycles. The molecule has 2 atom stereocenters. The number of carbonyl (C=O) groups excluding carboxylic acids is 2. The first-order chi connectivity index (χ1) is 30.5. The first kappa shape index (κ1) is 47.5. The van der Waals surface area contributed by atoms with Gasteiger partial charge in [-0.25, -0.2) is 29.5 Å². The van der Waals surface area contributed by atoms with Crippen LogP contribution in [-0.2, 0) is 51.2 Å². The SMILES string of the molecule is C=CC(=O)OCCCCCCCCOc1cnc(-c2ccc(COC3OCCOC3OCc3ccc(-c4ncc(OCCCCCCCCOC(=O)C=C)cn4)cc3)cc2)nc1. The van der Waals surface area contributed by atoms with E-state index in [0.717, 1.165) is 99.3 Å². The molecule has 1 fully saturated rings. The van der Waals surface area contributed by atoms with Crippen molar-refractivity contribution in [1.29, 1.82) is 0 Å². The van der Waals surface area contributed by atoms with Gasteiger partial charge in [0.05, 0.1) is 77.6 Å². The molecule has 2 unspecified atom stereocenters. The van der Waals surface area contributed by atoms with E-state index in [4.69, 9.17) is 37.9 Å². The van der Waals surface area contributed by atoms with E-state index in [1.807, 2.05) is 48.5 Å². The number of rotatable bonds is 30. The fraction of sp³-hybridized carbons (Fsp3) is 0.458. The first-order valence-electron chi connectivity index (χ1n) is 21.6. The van der Waals surface area contributed by atoms with Gasteiger partial charge in [-0.15, -0.1) is 0 Å². The standard InChI is InChI=1S/C48H60N4O10/c1-3-43(53)57-27-15-11-7-5-9-13-25-55-41-31-49-45(50-32-41)39-21-17-37(18-22-39)35-61-47-48(60-30-29-59-47)62-36-38-19-23-40(24-20-38)46-51-33-42(34-52-46)56-26-14-10-6-8-12-16-28-58-44(54)4-2/h3-4,17-24,31-34,47-48H,1-2,5-16,25-30,35-36H2. The van der Waals surface area contributed by atoms with Crippen LogP contribution in [0.4, 0.5) is 0 Å². The topological polar surface area (TPSA) is 160 Å². The summed E-state index contributed by atoms with van der Waals surface area (Å²) in [5.41, 5.74) is 3.69. The highest BCUT2D eigenvalue weighted by molar-refractivity contribution is 5.81. The summed E-state index contributed by atoms with van der Waals surface area (Å²) in [6, 6.07) is 15.8. The van der Waals surface area contributed by atoms with E-state index in [1.54, 1.807) is 24.8 Å². The number of nitrogens with zero attached hydrogens (tertiary/aromatic N) is 4. The molecule has 3 heterocycles. The summed E-state index contributed by atoms with van der Waals surface area (Å²) in [4.78, 5) is 40.1. The van der Waals surface area contributed by atoms with Gasteiger partial charge < -0.3 is 37.9 Å². The molecule has 2 aromatic heterocycles. The number of unbranched alkanes of at least 4 members (excludes halogenated alkanes) is 10. The van der Waals surface area contributed by atoms with Crippen molar-refractivity contribution in [2.24, 2.45) is 0 Å². The predicted octanol–water partition coefficient (Wildman–Crippen LogP) is 8.93. The lowest BCUT2D eigenvalue weighted by Crippen LogP contribution is -2.41. The van der Waals surface area contributed by atoms with E-state index < -0.39 is 12.6 Å². The molecule has 0 amide bonds. The zero-order valence-electron chi connectivity index (χ0n) is 35.7. The Morgan fingerprint density at radius 3 is 1.21 bits per heavy atom. The average Bonchev–Trinajstić information content (AvgIpc) is 3.32. The third kappa shape index (κ3) is 17.8. The van der Waals surface area contributed by atoms with E-state index in [9.17, 15) is 9.59 Å². The molecule has 0 N–H and O–H groups in total. The van der Waals surface area contributed by atoms with E-state index in [2.05, 4.69) is 33.1 Å². The van der Waals surface area contributed by atoms with Crippen molar-refractivity contribution >= 4 is 11.9 Å². The lowest BCUT2D eigenvalue weighted by molar-refractivity contribution is -0.326. The molecule has 332 valence electrons. The van der Waals surface area contributed by atoms with Gasteiger partial charge in [0.2, 0.25) is 12.6 Å². The van der Waals surface area contributed by atoms with Crippen molar-refractivity contribution in [3.05, 3.63) is 110 Å². The van der Waals surface area contributed by atoms with Gasteiger partial charge in [-0.1, -0.05) is 113 Å². The maximum atomic E-state index is 11.1. The normalized spacial score (nSPS) is 14.8. The van der Waals surface area contributed by atoms with Gasteiger partial charge in [0.15, 0.2) is 23.1 Å². The molecular weight excluding hydrogens is 793 g/mol. The zero-order chi connectivity index (χ0) is 43.5. The largest absolute Gasteiger partial charge is 0.490 e. The summed E-state index contributed by atoms with van der Waals surface area (Å²) in [5, 5.41) is 0. The second kappa shape index (κ2) is 28.1. The highest BCUT2D eigenvalue weighted by Crippen LogP contribution is 2.22. The smallest absolute Gasteiger partial charge is 0.330 e. The Morgan fingerprint density at radius 1 is 0.516 bits per heavy atom. The molecule has 1 aliphatic rings. The van der Waals surface area contributed by atoms with E-state index >= 15 is 0 Å². The monoisotopic (exact) mass is 852 g/mol. The molecular formula is C48H60N4O10. The van der Waals surface area contributed by atoms with Crippen LogP contribution in [-0.4, -0.2) is 84.1 Å². The summed E-state index contributed by atoms with van der Waals surface area (Å²) in [6.07, 6.45) is 20.1. The van der Waals surface area contributed by atoms with Crippen molar-refractivity contribution in [1.82, 2.24) is 19.9 Å². The third-order valence-corrected chi connectivity index (χ3v) is 9.82. The fourth-order valence-corrected chi connectivity index (χ4v) is 6.34. The van der Waals surface area contributed by atoms with Crippen molar-refractivity contribution in [2.75, 3.05) is 39.6 Å². The van der Waals surface area contributed by atoms with Crippen molar-refractivity contribution in [3.8, 4) is 34.3 Å². The number of ether oxygens (including phenoxy) is 8. The van der Waals surface area contributed by atoms with Gasteiger partial charge >= 0.3 is 11.9 Å². The fourth-order valence-electron chi connectivity index (χ4n) is 6.34. The first-order valence-corrected chi connectivity index (χ1v) is 21.6. The lowest BCUT2D eigenvalue weighted by Gasteiger charge is -2.31. The summed E-state index contributed by atoms with van der Waals surface area (Å²) < 4.78 is 45.6. The maximum Gasteiger partial charge on any atom is 0.330 e. The van der Waals surface area contributed by atoms with Crippen LogP contribution in [0.2, 0.25) is 0 Å². The van der Waals surface area contributed by atoms with Crippen molar-refractivity contribution < 1.29 is 47.5 Å². The van der Waals surface area contributed by atoms with E-state index in [0.29, 0.717) is 76.0 Å². The molecule has 2 aromatic carbocycles. The number of carbonyl (C=O) groups is 2. The molecule has 0 radical (unpaired) electrons. The van der Waals surface area contributed by atoms with Crippen LogP contribution in [0.1, 0.15) is 88.2 Å². The van der Waals surface area contributed by atoms with E-state index in [1.165, 1.54) is 12.2 Å². The Hall–Kier alpha value is -5.54. The maximum absolute atomic E-state index is 11.1. The number of hydrogen-bond acceptors (Lipinski definition) is 14. The van der Waals surface area contributed by atoms with Gasteiger partial charge in [0.1, 0.15) is 0 Å². The van der Waals surface area contributed by atoms with Crippen LogP contribution >= 0.6 is 0 Å². The van der Waals surface area contributed by atoms with Gasteiger partial charge in [-0.05, 0) is 36.8 Å². The second-order valence-corrected chi connectivity index (χ2v) is 14.7. The Labute approximate surface area is 365 Å². The highest BCUT2D eigenvalue weighted by Gasteiger charge is 2.29. The quantitative estimate of drug-likeness (QED) is 0.0278. The van der Waals surface area contributed by atoms with Gasteiger partial charge in [-0.2, -0.15) is 0 Å². The minimum absolute atomic E-state index is 0.310. The lowest BCUT2D eigenvalue weighted by atomic mass is 10.1. The molecule has 14 heteroatoms. The molecule has 1 saturated heterocycles. The molecule has 0 spiro atoms. The van der Waals surface area contributed by atoms with Gasteiger partial charge in [-0.3, -0.25) is 0 Å². The minimum Gasteiger partial charge on any atom is -0.490 e. The minimum atomic E-state index is -0.680. The van der Waals surface area contributed by atoms with Gasteiger partial charge in [0.25, 0.3) is 0 Å². The highest BCUT2D eigenvalue weighted by atomic mass is 16.8.